The number of ether oxygens (including phenoxy) is 3. The van der Waals surface area contributed by atoms with E-state index < -0.39 is 17.5 Å². The van der Waals surface area contributed by atoms with E-state index in [1.807, 2.05) is 12.1 Å². The number of para-hydroxylation sites is 1. The Hall–Kier alpha value is -3.17. The lowest BCUT2D eigenvalue weighted by Gasteiger charge is -2.26. The van der Waals surface area contributed by atoms with Crippen LogP contribution in [0.3, 0.4) is 0 Å². The minimum atomic E-state index is -0.800. The molecule has 180 valence electrons. The molecule has 2 aromatic carbocycles. The van der Waals surface area contributed by atoms with Gasteiger partial charge >= 0.3 is 6.09 Å². The van der Waals surface area contributed by atoms with Gasteiger partial charge in [-0.3, -0.25) is 14.6 Å². The minimum absolute atomic E-state index is 0.154. The van der Waals surface area contributed by atoms with E-state index in [1.165, 1.54) is 17.0 Å². The maximum atomic E-state index is 13.7. The van der Waals surface area contributed by atoms with Gasteiger partial charge < -0.3 is 19.1 Å². The second-order valence-corrected chi connectivity index (χ2v) is 8.89. The van der Waals surface area contributed by atoms with Gasteiger partial charge in [0.15, 0.2) is 5.60 Å². The Labute approximate surface area is 197 Å². The Bertz CT molecular complexity index is 1060. The SMILES string of the molecule is O=C(c1ccccc1OCCN1CCOCC1)N1CCC2(C1)CN(c1cccc(F)c1)C(=O)O2. The van der Waals surface area contributed by atoms with Gasteiger partial charge in [0.05, 0.1) is 37.6 Å². The Morgan fingerprint density at radius 2 is 1.88 bits per heavy atom. The van der Waals surface area contributed by atoms with E-state index in [9.17, 15) is 14.0 Å². The number of amides is 2. The van der Waals surface area contributed by atoms with Crippen molar-refractivity contribution in [3.8, 4) is 5.75 Å². The fourth-order valence-electron chi connectivity index (χ4n) is 4.75. The third kappa shape index (κ3) is 4.71. The van der Waals surface area contributed by atoms with Crippen molar-refractivity contribution in [2.45, 2.75) is 12.0 Å². The summed E-state index contributed by atoms with van der Waals surface area (Å²) < 4.78 is 30.7. The highest BCUT2D eigenvalue weighted by Crippen LogP contribution is 2.36. The number of hydrogen-bond donors (Lipinski definition) is 0. The number of anilines is 1. The number of hydrogen-bond acceptors (Lipinski definition) is 6. The normalized spacial score (nSPS) is 22.9. The van der Waals surface area contributed by atoms with E-state index >= 15 is 0 Å². The van der Waals surface area contributed by atoms with Crippen LogP contribution >= 0.6 is 0 Å². The van der Waals surface area contributed by atoms with Crippen molar-refractivity contribution >= 4 is 17.7 Å². The molecule has 0 bridgehead atoms. The van der Waals surface area contributed by atoms with Crippen LogP contribution in [0.25, 0.3) is 0 Å². The van der Waals surface area contributed by atoms with Gasteiger partial charge in [-0.25, -0.2) is 9.18 Å². The first kappa shape index (κ1) is 22.6. The quantitative estimate of drug-likeness (QED) is 0.648. The Morgan fingerprint density at radius 3 is 2.71 bits per heavy atom. The highest BCUT2D eigenvalue weighted by molar-refractivity contribution is 5.97. The van der Waals surface area contributed by atoms with E-state index in [0.29, 0.717) is 36.6 Å². The monoisotopic (exact) mass is 469 g/mol. The molecule has 3 aliphatic heterocycles. The summed E-state index contributed by atoms with van der Waals surface area (Å²) in [5.74, 6) is -0.0229. The summed E-state index contributed by atoms with van der Waals surface area (Å²) in [4.78, 5) is 31.3. The van der Waals surface area contributed by atoms with Gasteiger partial charge in [0.25, 0.3) is 5.91 Å². The molecule has 9 heteroatoms. The first-order chi connectivity index (χ1) is 16.5. The summed E-state index contributed by atoms with van der Waals surface area (Å²) >= 11 is 0. The summed E-state index contributed by atoms with van der Waals surface area (Å²) in [5, 5.41) is 0. The van der Waals surface area contributed by atoms with Gasteiger partial charge in [0.1, 0.15) is 18.2 Å². The molecule has 8 nitrogen and oxygen atoms in total. The highest BCUT2D eigenvalue weighted by Gasteiger charge is 2.51. The van der Waals surface area contributed by atoms with E-state index in [-0.39, 0.29) is 19.0 Å². The Morgan fingerprint density at radius 1 is 1.06 bits per heavy atom. The standard InChI is InChI=1S/C25H28FN3O5/c26-19-4-3-5-20(16-19)29-18-25(34-24(29)31)8-9-28(17-25)23(30)21-6-1-2-7-22(21)33-15-12-27-10-13-32-14-11-27/h1-7,16H,8-15,17-18H2. The van der Waals surface area contributed by atoms with Crippen LogP contribution < -0.4 is 9.64 Å². The molecular weight excluding hydrogens is 441 g/mol. The number of carbonyl (C=O) groups is 2. The average Bonchev–Trinajstić information content (AvgIpc) is 3.42. The van der Waals surface area contributed by atoms with E-state index in [4.69, 9.17) is 14.2 Å². The second kappa shape index (κ2) is 9.60. The van der Waals surface area contributed by atoms with Crippen LogP contribution in [0.2, 0.25) is 0 Å². The van der Waals surface area contributed by atoms with E-state index in [1.54, 1.807) is 29.2 Å². The summed E-state index contributed by atoms with van der Waals surface area (Å²) in [6.45, 7) is 5.49. The molecule has 0 N–H and O–H groups in total. The van der Waals surface area contributed by atoms with Crippen LogP contribution in [0, 0.1) is 5.82 Å². The molecule has 3 fully saturated rings. The van der Waals surface area contributed by atoms with Crippen LogP contribution in [0.15, 0.2) is 48.5 Å². The number of morpholine rings is 1. The summed E-state index contributed by atoms with van der Waals surface area (Å²) in [5.41, 5.74) is 0.143. The van der Waals surface area contributed by atoms with Gasteiger partial charge in [0, 0.05) is 32.6 Å². The maximum Gasteiger partial charge on any atom is 0.415 e. The number of carbonyl (C=O) groups excluding carboxylic acids is 2. The zero-order chi connectivity index (χ0) is 23.5. The number of halogens is 1. The first-order valence-electron chi connectivity index (χ1n) is 11.6. The van der Waals surface area contributed by atoms with Crippen LogP contribution in [0.5, 0.6) is 5.75 Å². The summed E-state index contributed by atoms with van der Waals surface area (Å²) in [6.07, 6.45) is 0.00263. The van der Waals surface area contributed by atoms with Crippen LogP contribution in [-0.2, 0) is 9.47 Å². The number of benzene rings is 2. The number of nitrogens with zero attached hydrogens (tertiary/aromatic N) is 3. The lowest BCUT2D eigenvalue weighted by molar-refractivity contribution is 0.0321. The molecular formula is C25H28FN3O5. The molecule has 2 aromatic rings. The Kier molecular flexibility index (Phi) is 6.38. The van der Waals surface area contributed by atoms with E-state index in [2.05, 4.69) is 4.90 Å². The van der Waals surface area contributed by atoms with Crippen molar-refractivity contribution in [2.75, 3.05) is 64.0 Å². The largest absolute Gasteiger partial charge is 0.491 e. The van der Waals surface area contributed by atoms with Crippen LogP contribution in [0.1, 0.15) is 16.8 Å². The van der Waals surface area contributed by atoms with Crippen molar-refractivity contribution in [2.24, 2.45) is 0 Å². The molecule has 3 heterocycles. The van der Waals surface area contributed by atoms with Gasteiger partial charge in [-0.05, 0) is 30.3 Å². The maximum absolute atomic E-state index is 13.7. The lowest BCUT2D eigenvalue weighted by atomic mass is 10.0. The molecule has 3 saturated heterocycles. The van der Waals surface area contributed by atoms with Gasteiger partial charge in [0.2, 0.25) is 0 Å². The third-order valence-corrected chi connectivity index (χ3v) is 6.58. The number of likely N-dealkylation sites (tertiary alicyclic amines) is 1. The molecule has 0 radical (unpaired) electrons. The predicted molar refractivity (Wildman–Crippen MR) is 123 cm³/mol. The predicted octanol–water partition coefficient (Wildman–Crippen LogP) is 2.78. The zero-order valence-electron chi connectivity index (χ0n) is 19.0. The molecule has 5 rings (SSSR count). The zero-order valence-corrected chi connectivity index (χ0v) is 19.0. The molecule has 1 unspecified atom stereocenters. The molecule has 0 aliphatic carbocycles. The third-order valence-electron chi connectivity index (χ3n) is 6.58. The highest BCUT2D eigenvalue weighted by atomic mass is 19.1. The van der Waals surface area contributed by atoms with Crippen molar-refractivity contribution in [3.63, 3.8) is 0 Å². The molecule has 0 saturated carbocycles. The first-order valence-corrected chi connectivity index (χ1v) is 11.6. The van der Waals surface area contributed by atoms with Crippen molar-refractivity contribution in [1.29, 1.82) is 0 Å². The minimum Gasteiger partial charge on any atom is -0.491 e. The Balaban J connectivity index is 1.23. The van der Waals surface area contributed by atoms with Crippen LogP contribution in [-0.4, -0.2) is 86.5 Å². The number of rotatable bonds is 6. The van der Waals surface area contributed by atoms with Crippen LogP contribution in [0.4, 0.5) is 14.9 Å². The molecule has 34 heavy (non-hydrogen) atoms. The fraction of sp³-hybridized carbons (Fsp3) is 0.440. The lowest BCUT2D eigenvalue weighted by Crippen LogP contribution is -2.40. The molecule has 1 spiro atoms. The summed E-state index contributed by atoms with van der Waals surface area (Å²) in [7, 11) is 0. The fourth-order valence-corrected chi connectivity index (χ4v) is 4.75. The van der Waals surface area contributed by atoms with Gasteiger partial charge in [-0.1, -0.05) is 18.2 Å². The summed E-state index contributed by atoms with van der Waals surface area (Å²) in [6, 6.07) is 13.1. The molecule has 3 aliphatic rings. The topological polar surface area (TPSA) is 71.5 Å². The average molecular weight is 470 g/mol. The molecule has 1 atom stereocenters. The van der Waals surface area contributed by atoms with Gasteiger partial charge in [-0.15, -0.1) is 0 Å². The van der Waals surface area contributed by atoms with Crippen molar-refractivity contribution < 1.29 is 28.2 Å². The molecule has 0 aromatic heterocycles. The van der Waals surface area contributed by atoms with E-state index in [0.717, 1.165) is 32.8 Å². The second-order valence-electron chi connectivity index (χ2n) is 8.89. The van der Waals surface area contributed by atoms with Gasteiger partial charge in [-0.2, -0.15) is 0 Å². The van der Waals surface area contributed by atoms with Crippen molar-refractivity contribution in [3.05, 3.63) is 59.9 Å². The van der Waals surface area contributed by atoms with Crippen molar-refractivity contribution in [1.82, 2.24) is 9.80 Å². The molecule has 2 amide bonds. The smallest absolute Gasteiger partial charge is 0.415 e.